The van der Waals surface area contributed by atoms with Gasteiger partial charge in [-0.1, -0.05) is 6.07 Å². The van der Waals surface area contributed by atoms with Gasteiger partial charge in [0.25, 0.3) is 0 Å². The first-order valence-electron chi connectivity index (χ1n) is 5.97. The number of nitrogen functional groups attached to an aromatic ring is 1. The van der Waals surface area contributed by atoms with Crippen molar-refractivity contribution < 1.29 is 0 Å². The second-order valence-electron chi connectivity index (χ2n) is 4.76. The first-order valence-corrected chi connectivity index (χ1v) is 5.97. The second kappa shape index (κ2) is 3.53. The summed E-state index contributed by atoms with van der Waals surface area (Å²) in [6.45, 7) is 2.57. The Morgan fingerprint density at radius 3 is 2.80 bits per heavy atom. The molecule has 1 heterocycles. The molecule has 15 heavy (non-hydrogen) atoms. The average Bonchev–Trinajstić information content (AvgIpc) is 2.82. The molecule has 1 aromatic carbocycles. The van der Waals surface area contributed by atoms with Crippen molar-refractivity contribution in [2.45, 2.75) is 31.7 Å². The van der Waals surface area contributed by atoms with Crippen LogP contribution in [0.25, 0.3) is 0 Å². The third-order valence-corrected chi connectivity index (χ3v) is 3.79. The van der Waals surface area contributed by atoms with E-state index >= 15 is 0 Å². The van der Waals surface area contributed by atoms with Crippen molar-refractivity contribution in [3.63, 3.8) is 0 Å². The van der Waals surface area contributed by atoms with Crippen molar-refractivity contribution in [2.75, 3.05) is 18.8 Å². The van der Waals surface area contributed by atoms with E-state index in [2.05, 4.69) is 17.0 Å². The molecule has 0 saturated carbocycles. The van der Waals surface area contributed by atoms with E-state index in [-0.39, 0.29) is 0 Å². The van der Waals surface area contributed by atoms with E-state index < -0.39 is 0 Å². The molecule has 1 aromatic rings. The second-order valence-corrected chi connectivity index (χ2v) is 4.76. The van der Waals surface area contributed by atoms with Crippen LogP contribution in [0.1, 0.15) is 36.4 Å². The summed E-state index contributed by atoms with van der Waals surface area (Å²) in [4.78, 5) is 2.64. The maximum atomic E-state index is 5.82. The third kappa shape index (κ3) is 1.53. The zero-order valence-corrected chi connectivity index (χ0v) is 9.08. The number of aryl methyl sites for hydroxylation is 1. The Morgan fingerprint density at radius 1 is 1.20 bits per heavy atom. The lowest BCUT2D eigenvalue weighted by Crippen LogP contribution is -2.23. The minimum absolute atomic E-state index is 0.683. The fraction of sp³-hybridized carbons (Fsp3) is 0.538. The molecule has 1 fully saturated rings. The van der Waals surface area contributed by atoms with E-state index in [0.29, 0.717) is 6.04 Å². The van der Waals surface area contributed by atoms with Crippen LogP contribution < -0.4 is 5.73 Å². The summed E-state index contributed by atoms with van der Waals surface area (Å²) in [6, 6.07) is 7.13. The zero-order valence-electron chi connectivity index (χ0n) is 9.08. The Bertz CT molecular complexity index is 367. The highest BCUT2D eigenvalue weighted by atomic mass is 15.2. The Hall–Kier alpha value is -1.02. The monoisotopic (exact) mass is 202 g/mol. The lowest BCUT2D eigenvalue weighted by atomic mass is 10.1. The lowest BCUT2D eigenvalue weighted by Gasteiger charge is -2.24. The van der Waals surface area contributed by atoms with Crippen molar-refractivity contribution in [1.82, 2.24) is 4.90 Å². The summed E-state index contributed by atoms with van der Waals surface area (Å²) in [7, 11) is 0. The van der Waals surface area contributed by atoms with Crippen LogP contribution in [0, 0.1) is 0 Å². The smallest absolute Gasteiger partial charge is 0.0354 e. The molecule has 3 rings (SSSR count). The van der Waals surface area contributed by atoms with Gasteiger partial charge in [0.05, 0.1) is 0 Å². The fourth-order valence-electron chi connectivity index (χ4n) is 3.05. The molecule has 0 radical (unpaired) electrons. The van der Waals surface area contributed by atoms with Crippen LogP contribution >= 0.6 is 0 Å². The summed E-state index contributed by atoms with van der Waals surface area (Å²) in [6.07, 6.45) is 5.25. The van der Waals surface area contributed by atoms with E-state index in [0.717, 1.165) is 5.69 Å². The van der Waals surface area contributed by atoms with Crippen LogP contribution in [0.4, 0.5) is 5.69 Å². The number of rotatable bonds is 1. The predicted molar refractivity (Wildman–Crippen MR) is 62.7 cm³/mol. The molecule has 1 unspecified atom stereocenters. The van der Waals surface area contributed by atoms with Crippen molar-refractivity contribution in [2.24, 2.45) is 0 Å². The van der Waals surface area contributed by atoms with Crippen LogP contribution in [-0.2, 0) is 6.42 Å². The van der Waals surface area contributed by atoms with Crippen LogP contribution in [0.2, 0.25) is 0 Å². The van der Waals surface area contributed by atoms with E-state index in [4.69, 9.17) is 5.73 Å². The normalized spacial score (nSPS) is 25.7. The molecular weight excluding hydrogens is 184 g/mol. The van der Waals surface area contributed by atoms with Gasteiger partial charge in [0.1, 0.15) is 0 Å². The highest BCUT2D eigenvalue weighted by molar-refractivity contribution is 5.47. The number of hydrogen-bond donors (Lipinski definition) is 1. The van der Waals surface area contributed by atoms with Gasteiger partial charge in [0, 0.05) is 11.7 Å². The average molecular weight is 202 g/mol. The van der Waals surface area contributed by atoms with Gasteiger partial charge in [-0.15, -0.1) is 0 Å². The van der Waals surface area contributed by atoms with Gasteiger partial charge in [0.2, 0.25) is 0 Å². The SMILES string of the molecule is Nc1ccc2c(c1)CCC2N1CCCC1. The van der Waals surface area contributed by atoms with Gasteiger partial charge in [-0.3, -0.25) is 4.90 Å². The molecule has 0 bridgehead atoms. The van der Waals surface area contributed by atoms with E-state index in [1.54, 1.807) is 0 Å². The fourth-order valence-corrected chi connectivity index (χ4v) is 3.05. The van der Waals surface area contributed by atoms with Gasteiger partial charge >= 0.3 is 0 Å². The quantitative estimate of drug-likeness (QED) is 0.708. The van der Waals surface area contributed by atoms with Crippen LogP contribution in [0.15, 0.2) is 18.2 Å². The van der Waals surface area contributed by atoms with Crippen LogP contribution in [0.3, 0.4) is 0 Å². The Labute approximate surface area is 91.1 Å². The highest BCUT2D eigenvalue weighted by Gasteiger charge is 2.29. The lowest BCUT2D eigenvalue weighted by molar-refractivity contribution is 0.245. The van der Waals surface area contributed by atoms with Crippen LogP contribution in [-0.4, -0.2) is 18.0 Å². The molecule has 2 N–H and O–H groups in total. The summed E-state index contributed by atoms with van der Waals surface area (Å²) < 4.78 is 0. The number of benzene rings is 1. The van der Waals surface area contributed by atoms with Gasteiger partial charge in [-0.05, 0) is 62.0 Å². The summed E-state index contributed by atoms with van der Waals surface area (Å²) in [5, 5.41) is 0. The summed E-state index contributed by atoms with van der Waals surface area (Å²) >= 11 is 0. The Balaban J connectivity index is 1.90. The topological polar surface area (TPSA) is 29.3 Å². The predicted octanol–water partition coefficient (Wildman–Crippen LogP) is 2.35. The van der Waals surface area contributed by atoms with Crippen molar-refractivity contribution in [3.8, 4) is 0 Å². The maximum Gasteiger partial charge on any atom is 0.0354 e. The largest absolute Gasteiger partial charge is 0.399 e. The van der Waals surface area contributed by atoms with Gasteiger partial charge in [-0.25, -0.2) is 0 Å². The number of nitrogens with two attached hydrogens (primary N) is 1. The number of nitrogens with zero attached hydrogens (tertiary/aromatic N) is 1. The first kappa shape index (κ1) is 9.22. The summed E-state index contributed by atoms with van der Waals surface area (Å²) in [5.41, 5.74) is 9.74. The molecule has 1 saturated heterocycles. The van der Waals surface area contributed by atoms with E-state index in [1.165, 1.54) is 49.9 Å². The highest BCUT2D eigenvalue weighted by Crippen LogP contribution is 2.38. The van der Waals surface area contributed by atoms with Gasteiger partial charge < -0.3 is 5.73 Å². The van der Waals surface area contributed by atoms with Gasteiger partial charge in [0.15, 0.2) is 0 Å². The number of anilines is 1. The minimum Gasteiger partial charge on any atom is -0.399 e. The van der Waals surface area contributed by atoms with Crippen molar-refractivity contribution >= 4 is 5.69 Å². The maximum absolute atomic E-state index is 5.82. The van der Waals surface area contributed by atoms with Crippen molar-refractivity contribution in [3.05, 3.63) is 29.3 Å². The molecule has 0 amide bonds. The molecule has 2 aliphatic rings. The molecule has 2 nitrogen and oxygen atoms in total. The molecule has 80 valence electrons. The molecule has 2 heteroatoms. The first-order chi connectivity index (χ1) is 7.34. The standard InChI is InChI=1S/C13H18N2/c14-11-4-5-12-10(9-11)3-6-13(12)15-7-1-2-8-15/h4-5,9,13H,1-3,6-8,14H2. The Kier molecular flexibility index (Phi) is 2.17. The van der Waals surface area contributed by atoms with Crippen molar-refractivity contribution in [1.29, 1.82) is 0 Å². The molecular formula is C13H18N2. The number of hydrogen-bond acceptors (Lipinski definition) is 2. The summed E-state index contributed by atoms with van der Waals surface area (Å²) in [5.74, 6) is 0. The minimum atomic E-state index is 0.683. The molecule has 1 aliphatic carbocycles. The number of likely N-dealkylation sites (tertiary alicyclic amines) is 1. The number of fused-ring (bicyclic) bond motifs is 1. The molecule has 0 spiro atoms. The van der Waals surface area contributed by atoms with E-state index in [1.807, 2.05) is 6.07 Å². The van der Waals surface area contributed by atoms with E-state index in [9.17, 15) is 0 Å². The zero-order chi connectivity index (χ0) is 10.3. The Morgan fingerprint density at radius 2 is 2.00 bits per heavy atom. The molecule has 1 atom stereocenters. The van der Waals surface area contributed by atoms with Crippen LogP contribution in [0.5, 0.6) is 0 Å². The molecule has 1 aliphatic heterocycles. The molecule has 0 aromatic heterocycles. The third-order valence-electron chi connectivity index (χ3n) is 3.79. The van der Waals surface area contributed by atoms with Gasteiger partial charge in [-0.2, -0.15) is 0 Å².